The molecule has 1 aliphatic rings. The third kappa shape index (κ3) is 0.573. The minimum Gasteiger partial charge on any atom is -0.241 e. The molecule has 0 fully saturated rings. The van der Waals surface area contributed by atoms with Gasteiger partial charge < -0.3 is 0 Å². The van der Waals surface area contributed by atoms with Crippen molar-refractivity contribution < 1.29 is 0 Å². The van der Waals surface area contributed by atoms with Crippen LogP contribution in [0.15, 0.2) is 0 Å². The van der Waals surface area contributed by atoms with Gasteiger partial charge in [-0.25, -0.2) is 4.68 Å². The lowest BCUT2D eigenvalue weighted by Crippen LogP contribution is -1.90. The predicted molar refractivity (Wildman–Crippen MR) is 33.2 cm³/mol. The van der Waals surface area contributed by atoms with Gasteiger partial charge >= 0.3 is 0 Å². The monoisotopic (exact) mass is 123 g/mol. The zero-order chi connectivity index (χ0) is 6.43. The Bertz CT molecular complexity index is 236. The van der Waals surface area contributed by atoms with Gasteiger partial charge in [-0.1, -0.05) is 19.1 Å². The molecule has 0 saturated heterocycles. The molecule has 3 nitrogen and oxygen atoms in total. The fourth-order valence-corrected chi connectivity index (χ4v) is 1.01. The smallest absolute Gasteiger partial charge is 0.0904 e. The zero-order valence-corrected chi connectivity index (χ0v) is 5.63. The highest BCUT2D eigenvalue weighted by Crippen LogP contribution is 2.24. The van der Waals surface area contributed by atoms with Crippen molar-refractivity contribution in [1.82, 2.24) is 15.0 Å². The predicted octanol–water partition coefficient (Wildman–Crippen LogP) is 0.763. The van der Waals surface area contributed by atoms with E-state index in [9.17, 15) is 0 Å². The van der Waals surface area contributed by atoms with Crippen molar-refractivity contribution in [3.8, 4) is 0 Å². The van der Waals surface area contributed by atoms with Crippen LogP contribution in [0.3, 0.4) is 0 Å². The molecule has 2 rings (SSSR count). The van der Waals surface area contributed by atoms with E-state index in [0.29, 0.717) is 5.92 Å². The van der Waals surface area contributed by atoms with Crippen LogP contribution in [0.2, 0.25) is 0 Å². The van der Waals surface area contributed by atoms with Gasteiger partial charge in [0.2, 0.25) is 0 Å². The lowest BCUT2D eigenvalue weighted by Gasteiger charge is -1.94. The number of rotatable bonds is 1. The van der Waals surface area contributed by atoms with Gasteiger partial charge in [0.15, 0.2) is 0 Å². The van der Waals surface area contributed by atoms with Gasteiger partial charge in [-0.2, -0.15) is 0 Å². The average molecular weight is 123 g/mol. The second-order valence-electron chi connectivity index (χ2n) is 2.73. The third-order valence-corrected chi connectivity index (χ3v) is 1.61. The van der Waals surface area contributed by atoms with Crippen LogP contribution >= 0.6 is 0 Å². The molecule has 48 valence electrons. The van der Waals surface area contributed by atoms with Crippen molar-refractivity contribution in [3.05, 3.63) is 11.4 Å². The number of fused-ring (bicyclic) bond motifs is 1. The third-order valence-electron chi connectivity index (χ3n) is 1.61. The van der Waals surface area contributed by atoms with Crippen molar-refractivity contribution in [2.45, 2.75) is 26.3 Å². The van der Waals surface area contributed by atoms with E-state index < -0.39 is 0 Å². The molecule has 0 spiro atoms. The topological polar surface area (TPSA) is 30.7 Å². The zero-order valence-electron chi connectivity index (χ0n) is 5.63. The summed E-state index contributed by atoms with van der Waals surface area (Å²) in [6.07, 6.45) is 0. The summed E-state index contributed by atoms with van der Waals surface area (Å²) in [6.45, 7) is 5.31. The van der Waals surface area contributed by atoms with E-state index in [-0.39, 0.29) is 0 Å². The molecule has 1 aliphatic heterocycles. The van der Waals surface area contributed by atoms with Crippen LogP contribution in [0.25, 0.3) is 0 Å². The maximum atomic E-state index is 4.00. The summed E-state index contributed by atoms with van der Waals surface area (Å²) in [4.78, 5) is 0. The molecule has 0 aromatic carbocycles. The SMILES string of the molecule is CC(C)c1nnn2c1C2. The molecular formula is C6H9N3. The number of nitrogens with zero attached hydrogens (tertiary/aromatic N) is 3. The molecule has 0 atom stereocenters. The number of aromatic nitrogens is 3. The molecular weight excluding hydrogens is 114 g/mol. The van der Waals surface area contributed by atoms with Crippen molar-refractivity contribution in [2.75, 3.05) is 0 Å². The molecule has 0 saturated carbocycles. The summed E-state index contributed by atoms with van der Waals surface area (Å²) < 4.78 is 1.93. The van der Waals surface area contributed by atoms with Crippen LogP contribution < -0.4 is 0 Å². The van der Waals surface area contributed by atoms with Crippen molar-refractivity contribution in [3.63, 3.8) is 0 Å². The van der Waals surface area contributed by atoms with Gasteiger partial charge in [0, 0.05) is 0 Å². The van der Waals surface area contributed by atoms with E-state index in [0.717, 1.165) is 6.54 Å². The Hall–Kier alpha value is -0.860. The highest BCUT2D eigenvalue weighted by atomic mass is 15.5. The summed E-state index contributed by atoms with van der Waals surface area (Å²) >= 11 is 0. The van der Waals surface area contributed by atoms with Crippen LogP contribution in [0.1, 0.15) is 31.2 Å². The Balaban J connectivity index is 2.42. The second kappa shape index (κ2) is 1.35. The molecule has 2 heterocycles. The summed E-state index contributed by atoms with van der Waals surface area (Å²) in [5, 5.41) is 7.89. The lowest BCUT2D eigenvalue weighted by molar-refractivity contribution is 0.741. The first-order chi connectivity index (χ1) is 4.29. The van der Waals surface area contributed by atoms with Crippen molar-refractivity contribution in [2.24, 2.45) is 0 Å². The first kappa shape index (κ1) is 4.97. The highest BCUT2D eigenvalue weighted by molar-refractivity contribution is 5.22. The van der Waals surface area contributed by atoms with Gasteiger partial charge in [0.1, 0.15) is 0 Å². The Morgan fingerprint density at radius 3 is 2.56 bits per heavy atom. The summed E-state index contributed by atoms with van der Waals surface area (Å²) in [6, 6.07) is 0. The lowest BCUT2D eigenvalue weighted by atomic mass is 10.1. The Morgan fingerprint density at radius 2 is 2.33 bits per heavy atom. The Morgan fingerprint density at radius 1 is 1.56 bits per heavy atom. The van der Waals surface area contributed by atoms with Gasteiger partial charge in [-0.3, -0.25) is 0 Å². The molecule has 3 heteroatoms. The van der Waals surface area contributed by atoms with E-state index in [1.807, 2.05) is 4.68 Å². The van der Waals surface area contributed by atoms with Crippen LogP contribution in [0, 0.1) is 0 Å². The highest BCUT2D eigenvalue weighted by Gasteiger charge is 2.25. The molecule has 0 unspecified atom stereocenters. The minimum absolute atomic E-state index is 0.538. The maximum Gasteiger partial charge on any atom is 0.0904 e. The second-order valence-corrected chi connectivity index (χ2v) is 2.73. The van der Waals surface area contributed by atoms with Crippen LogP contribution in [0.5, 0.6) is 0 Å². The molecule has 0 N–H and O–H groups in total. The molecule has 0 aliphatic carbocycles. The van der Waals surface area contributed by atoms with Gasteiger partial charge in [-0.15, -0.1) is 5.10 Å². The summed E-state index contributed by atoms with van der Waals surface area (Å²) in [7, 11) is 0. The molecule has 0 amide bonds. The standard InChI is InChI=1S/C6H9N3/c1-4(2)6-5-3-9(5)8-7-6/h4H,3H2,1-2H3. The van der Waals surface area contributed by atoms with E-state index >= 15 is 0 Å². The minimum atomic E-state index is 0.538. The quantitative estimate of drug-likeness (QED) is 0.560. The fraction of sp³-hybridized carbons (Fsp3) is 0.667. The van der Waals surface area contributed by atoms with Gasteiger partial charge in [0.25, 0.3) is 0 Å². The normalized spacial score (nSPS) is 14.1. The van der Waals surface area contributed by atoms with Gasteiger partial charge in [0.05, 0.1) is 17.9 Å². The van der Waals surface area contributed by atoms with Gasteiger partial charge in [-0.05, 0) is 5.92 Å². The Kier molecular flexibility index (Phi) is 0.743. The number of hydrogen-bond acceptors (Lipinski definition) is 2. The van der Waals surface area contributed by atoms with Crippen LogP contribution in [-0.2, 0) is 6.54 Å². The molecule has 9 heavy (non-hydrogen) atoms. The van der Waals surface area contributed by atoms with E-state index in [4.69, 9.17) is 0 Å². The molecule has 0 bridgehead atoms. The summed E-state index contributed by atoms with van der Waals surface area (Å²) in [5.74, 6) is 0.538. The maximum absolute atomic E-state index is 4.00. The van der Waals surface area contributed by atoms with Crippen LogP contribution in [0.4, 0.5) is 0 Å². The summed E-state index contributed by atoms with van der Waals surface area (Å²) in [5.41, 5.74) is 2.50. The van der Waals surface area contributed by atoms with E-state index in [1.54, 1.807) is 0 Å². The number of hydrogen-bond donors (Lipinski definition) is 0. The van der Waals surface area contributed by atoms with Crippen LogP contribution in [-0.4, -0.2) is 15.0 Å². The molecule has 1 aromatic rings. The Labute approximate surface area is 53.7 Å². The molecule has 1 aromatic heterocycles. The van der Waals surface area contributed by atoms with E-state index in [1.165, 1.54) is 11.4 Å². The van der Waals surface area contributed by atoms with Crippen molar-refractivity contribution in [1.29, 1.82) is 0 Å². The van der Waals surface area contributed by atoms with E-state index in [2.05, 4.69) is 24.2 Å². The first-order valence-electron chi connectivity index (χ1n) is 3.21. The molecule has 0 radical (unpaired) electrons. The van der Waals surface area contributed by atoms with Crippen molar-refractivity contribution >= 4 is 0 Å². The fourth-order valence-electron chi connectivity index (χ4n) is 1.01. The average Bonchev–Trinajstić information content (AvgIpc) is 2.43. The first-order valence-corrected chi connectivity index (χ1v) is 3.21. The largest absolute Gasteiger partial charge is 0.241 e.